The predicted octanol–water partition coefficient (Wildman–Crippen LogP) is 2.63. The molecule has 1 unspecified atom stereocenters. The summed E-state index contributed by atoms with van der Waals surface area (Å²) in [5, 5.41) is 7.64. The lowest BCUT2D eigenvalue weighted by Crippen LogP contribution is -2.21. The summed E-state index contributed by atoms with van der Waals surface area (Å²) in [6.45, 7) is 3.97. The van der Waals surface area contributed by atoms with Crippen LogP contribution in [0.4, 0.5) is 4.39 Å². The van der Waals surface area contributed by atoms with E-state index < -0.39 is 5.82 Å². The lowest BCUT2D eigenvalue weighted by molar-refractivity contribution is 0.248. The molecule has 114 valence electrons. The van der Waals surface area contributed by atoms with E-state index in [-0.39, 0.29) is 18.4 Å². The standard InChI is InChI=1S/C15H20FN3O2/c1-3-11(17)7-10-5-6-13(12(16)8-10)20-9-15-19-18-14(4-2)21-15/h5-6,8,11H,3-4,7,9,17H2,1-2H3. The minimum absolute atomic E-state index is 0.0435. The first-order valence-electron chi connectivity index (χ1n) is 7.10. The summed E-state index contributed by atoms with van der Waals surface area (Å²) in [5.41, 5.74) is 6.72. The second-order valence-electron chi connectivity index (χ2n) is 4.87. The lowest BCUT2D eigenvalue weighted by Gasteiger charge is -2.10. The van der Waals surface area contributed by atoms with Crippen molar-refractivity contribution in [3.05, 3.63) is 41.4 Å². The Labute approximate surface area is 123 Å². The molecule has 0 spiro atoms. The van der Waals surface area contributed by atoms with Crippen molar-refractivity contribution in [1.29, 1.82) is 0 Å². The quantitative estimate of drug-likeness (QED) is 0.849. The maximum absolute atomic E-state index is 13.9. The number of rotatable bonds is 7. The largest absolute Gasteiger partial charge is 0.481 e. The maximum atomic E-state index is 13.9. The number of ether oxygens (including phenoxy) is 1. The molecule has 0 aliphatic heterocycles. The molecule has 1 aromatic carbocycles. The Hall–Kier alpha value is -1.95. The van der Waals surface area contributed by atoms with Crippen molar-refractivity contribution in [2.24, 2.45) is 5.73 Å². The Bertz CT molecular complexity index is 586. The van der Waals surface area contributed by atoms with E-state index in [0.717, 1.165) is 12.0 Å². The summed E-state index contributed by atoms with van der Waals surface area (Å²) < 4.78 is 24.6. The highest BCUT2D eigenvalue weighted by molar-refractivity contribution is 5.29. The average Bonchev–Trinajstić information content (AvgIpc) is 2.94. The van der Waals surface area contributed by atoms with Crippen LogP contribution in [0, 0.1) is 5.82 Å². The van der Waals surface area contributed by atoms with Gasteiger partial charge in [-0.3, -0.25) is 0 Å². The molecule has 6 heteroatoms. The van der Waals surface area contributed by atoms with Crippen LogP contribution in [0.5, 0.6) is 5.75 Å². The Morgan fingerprint density at radius 3 is 2.67 bits per heavy atom. The smallest absolute Gasteiger partial charge is 0.253 e. The van der Waals surface area contributed by atoms with E-state index >= 15 is 0 Å². The van der Waals surface area contributed by atoms with Gasteiger partial charge >= 0.3 is 0 Å². The molecule has 2 aromatic rings. The molecule has 0 aliphatic carbocycles. The number of nitrogens with two attached hydrogens (primary N) is 1. The molecule has 0 amide bonds. The van der Waals surface area contributed by atoms with Gasteiger partial charge in [0, 0.05) is 12.5 Å². The second-order valence-corrected chi connectivity index (χ2v) is 4.87. The first-order valence-corrected chi connectivity index (χ1v) is 7.10. The summed E-state index contributed by atoms with van der Waals surface area (Å²) in [7, 11) is 0. The van der Waals surface area contributed by atoms with Gasteiger partial charge in [-0.2, -0.15) is 0 Å². The van der Waals surface area contributed by atoms with E-state index in [2.05, 4.69) is 10.2 Å². The van der Waals surface area contributed by atoms with Crippen LogP contribution >= 0.6 is 0 Å². The van der Waals surface area contributed by atoms with E-state index in [9.17, 15) is 4.39 Å². The molecule has 0 fully saturated rings. The third-order valence-corrected chi connectivity index (χ3v) is 3.18. The highest BCUT2D eigenvalue weighted by Crippen LogP contribution is 2.20. The fourth-order valence-corrected chi connectivity index (χ4v) is 1.86. The van der Waals surface area contributed by atoms with Crippen LogP contribution < -0.4 is 10.5 Å². The van der Waals surface area contributed by atoms with Crippen molar-refractivity contribution in [3.8, 4) is 5.75 Å². The zero-order valence-corrected chi connectivity index (χ0v) is 12.3. The molecule has 0 saturated carbocycles. The first-order chi connectivity index (χ1) is 10.1. The van der Waals surface area contributed by atoms with Gasteiger partial charge in [0.25, 0.3) is 5.89 Å². The van der Waals surface area contributed by atoms with Crippen LogP contribution in [0.25, 0.3) is 0 Å². The van der Waals surface area contributed by atoms with E-state index in [1.165, 1.54) is 6.07 Å². The fourth-order valence-electron chi connectivity index (χ4n) is 1.86. The normalized spacial score (nSPS) is 12.4. The number of halogens is 1. The number of hydrogen-bond acceptors (Lipinski definition) is 5. The van der Waals surface area contributed by atoms with Gasteiger partial charge in [-0.25, -0.2) is 4.39 Å². The van der Waals surface area contributed by atoms with E-state index in [0.29, 0.717) is 24.6 Å². The molecule has 21 heavy (non-hydrogen) atoms. The van der Waals surface area contributed by atoms with Gasteiger partial charge in [0.2, 0.25) is 5.89 Å². The van der Waals surface area contributed by atoms with Gasteiger partial charge in [-0.15, -0.1) is 10.2 Å². The molecule has 1 atom stereocenters. The summed E-state index contributed by atoms with van der Waals surface area (Å²) in [6.07, 6.45) is 2.17. The van der Waals surface area contributed by atoms with E-state index in [4.69, 9.17) is 14.9 Å². The summed E-state index contributed by atoms with van der Waals surface area (Å²) in [5.74, 6) is 0.632. The summed E-state index contributed by atoms with van der Waals surface area (Å²) >= 11 is 0. The molecule has 0 saturated heterocycles. The topological polar surface area (TPSA) is 74.2 Å². The van der Waals surface area contributed by atoms with Gasteiger partial charge in [0.05, 0.1) is 0 Å². The summed E-state index contributed by atoms with van der Waals surface area (Å²) in [6, 6.07) is 4.92. The molecular formula is C15H20FN3O2. The second kappa shape index (κ2) is 7.17. The van der Waals surface area contributed by atoms with Crippen molar-refractivity contribution >= 4 is 0 Å². The number of aromatic nitrogens is 2. The molecule has 2 rings (SSSR count). The molecule has 5 nitrogen and oxygen atoms in total. The number of aryl methyl sites for hydroxylation is 1. The maximum Gasteiger partial charge on any atom is 0.253 e. The van der Waals surface area contributed by atoms with Gasteiger partial charge in [0.1, 0.15) is 0 Å². The van der Waals surface area contributed by atoms with Crippen molar-refractivity contribution in [2.45, 2.75) is 45.8 Å². The van der Waals surface area contributed by atoms with Crippen LogP contribution in [-0.4, -0.2) is 16.2 Å². The number of hydrogen-bond donors (Lipinski definition) is 1. The minimum atomic E-state index is -0.411. The highest BCUT2D eigenvalue weighted by Gasteiger charge is 2.10. The zero-order valence-electron chi connectivity index (χ0n) is 12.3. The van der Waals surface area contributed by atoms with Crippen LogP contribution in [-0.2, 0) is 19.4 Å². The Morgan fingerprint density at radius 2 is 2.05 bits per heavy atom. The monoisotopic (exact) mass is 293 g/mol. The highest BCUT2D eigenvalue weighted by atomic mass is 19.1. The minimum Gasteiger partial charge on any atom is -0.481 e. The third kappa shape index (κ3) is 4.26. The van der Waals surface area contributed by atoms with Crippen molar-refractivity contribution < 1.29 is 13.5 Å². The van der Waals surface area contributed by atoms with Gasteiger partial charge < -0.3 is 14.9 Å². The molecule has 2 N–H and O–H groups in total. The van der Waals surface area contributed by atoms with Gasteiger partial charge in [-0.05, 0) is 30.5 Å². The number of benzene rings is 1. The van der Waals surface area contributed by atoms with Gasteiger partial charge in [-0.1, -0.05) is 19.9 Å². The van der Waals surface area contributed by atoms with Gasteiger partial charge in [0.15, 0.2) is 18.2 Å². The first kappa shape index (κ1) is 15.4. The molecule has 0 radical (unpaired) electrons. The summed E-state index contributed by atoms with van der Waals surface area (Å²) in [4.78, 5) is 0. The third-order valence-electron chi connectivity index (χ3n) is 3.18. The zero-order chi connectivity index (χ0) is 15.2. The Balaban J connectivity index is 1.97. The molecular weight excluding hydrogens is 273 g/mol. The van der Waals surface area contributed by atoms with Crippen molar-refractivity contribution in [1.82, 2.24) is 10.2 Å². The lowest BCUT2D eigenvalue weighted by atomic mass is 10.0. The fraction of sp³-hybridized carbons (Fsp3) is 0.467. The van der Waals surface area contributed by atoms with Crippen molar-refractivity contribution in [3.63, 3.8) is 0 Å². The predicted molar refractivity (Wildman–Crippen MR) is 76.4 cm³/mol. The van der Waals surface area contributed by atoms with Crippen molar-refractivity contribution in [2.75, 3.05) is 0 Å². The van der Waals surface area contributed by atoms with E-state index in [1.807, 2.05) is 19.9 Å². The molecule has 0 bridgehead atoms. The van der Waals surface area contributed by atoms with Crippen LogP contribution in [0.2, 0.25) is 0 Å². The van der Waals surface area contributed by atoms with Crippen LogP contribution in [0.15, 0.2) is 22.6 Å². The molecule has 1 heterocycles. The molecule has 1 aromatic heterocycles. The SMILES string of the molecule is CCc1nnc(COc2ccc(CC(N)CC)cc2F)o1. The Kier molecular flexibility index (Phi) is 5.27. The molecule has 0 aliphatic rings. The van der Waals surface area contributed by atoms with E-state index in [1.54, 1.807) is 6.07 Å². The van der Waals surface area contributed by atoms with Crippen LogP contribution in [0.3, 0.4) is 0 Å². The van der Waals surface area contributed by atoms with Crippen LogP contribution in [0.1, 0.15) is 37.6 Å². The average molecular weight is 293 g/mol. The number of nitrogens with zero attached hydrogens (tertiary/aromatic N) is 2. The Morgan fingerprint density at radius 1 is 1.29 bits per heavy atom.